The highest BCUT2D eigenvalue weighted by Gasteiger charge is 2.55. The Morgan fingerprint density at radius 2 is 1.70 bits per heavy atom. The number of anilines is 1. The molecule has 4 bridgehead atoms. The maximum Gasteiger partial charge on any atom is 0.245 e. The summed E-state index contributed by atoms with van der Waals surface area (Å²) >= 11 is 0. The molecule has 0 atom stereocenters. The van der Waals surface area contributed by atoms with Gasteiger partial charge in [0.05, 0.1) is 23.3 Å². The van der Waals surface area contributed by atoms with Gasteiger partial charge >= 0.3 is 0 Å². The maximum absolute atomic E-state index is 14.0. The van der Waals surface area contributed by atoms with Gasteiger partial charge < -0.3 is 10.2 Å². The fourth-order valence-corrected chi connectivity index (χ4v) is 7.57. The highest BCUT2D eigenvalue weighted by Crippen LogP contribution is 2.60. The Morgan fingerprint density at radius 3 is 2.27 bits per heavy atom. The van der Waals surface area contributed by atoms with Gasteiger partial charge in [0.2, 0.25) is 11.8 Å². The van der Waals surface area contributed by atoms with Crippen molar-refractivity contribution in [3.05, 3.63) is 41.1 Å². The van der Waals surface area contributed by atoms with E-state index in [0.717, 1.165) is 42.6 Å². The fraction of sp³-hybridized carbons (Fsp3) is 0.645. The number of aromatic nitrogens is 2. The van der Waals surface area contributed by atoms with Crippen molar-refractivity contribution in [3.63, 3.8) is 0 Å². The molecule has 6 nitrogen and oxygen atoms in total. The van der Waals surface area contributed by atoms with Crippen molar-refractivity contribution in [2.45, 2.75) is 91.9 Å². The lowest BCUT2D eigenvalue weighted by Crippen LogP contribution is -2.55. The van der Waals surface area contributed by atoms with Gasteiger partial charge in [-0.2, -0.15) is 5.10 Å². The number of rotatable bonds is 7. The molecule has 2 aromatic rings. The first-order chi connectivity index (χ1) is 17.5. The average Bonchev–Trinajstić information content (AvgIpc) is 3.23. The Kier molecular flexibility index (Phi) is 6.74. The Hall–Kier alpha value is -2.63. The summed E-state index contributed by atoms with van der Waals surface area (Å²) in [4.78, 5) is 29.3. The first-order valence-electron chi connectivity index (χ1n) is 14.3. The molecule has 1 aromatic heterocycles. The second kappa shape index (κ2) is 9.59. The molecular formula is C31H44N4O2. The molecule has 4 aliphatic rings. The molecule has 4 fully saturated rings. The van der Waals surface area contributed by atoms with Gasteiger partial charge in [0.25, 0.3) is 0 Å². The first kappa shape index (κ1) is 26.0. The largest absolute Gasteiger partial charge is 0.333 e. The van der Waals surface area contributed by atoms with Crippen molar-refractivity contribution in [2.24, 2.45) is 23.2 Å². The number of nitrogens with zero attached hydrogens (tertiary/aromatic N) is 3. The van der Waals surface area contributed by atoms with Crippen molar-refractivity contribution >= 4 is 17.6 Å². The van der Waals surface area contributed by atoms with E-state index in [1.165, 1.54) is 24.8 Å². The Bertz CT molecular complexity index is 1150. The summed E-state index contributed by atoms with van der Waals surface area (Å²) < 4.78 is 1.85. The number of hydrogen-bond acceptors (Lipinski definition) is 3. The maximum atomic E-state index is 14.0. The lowest BCUT2D eigenvalue weighted by atomic mass is 9.49. The zero-order valence-corrected chi connectivity index (χ0v) is 23.6. The SMILES string of the molecule is CCCN(CC(=O)Nc1cc(C(C)(C)C)nn1-c1cccc(C)c1C)C(=O)C12CC3CC(CC(C3)C1)C2. The van der Waals surface area contributed by atoms with Crippen molar-refractivity contribution in [3.8, 4) is 5.69 Å². The summed E-state index contributed by atoms with van der Waals surface area (Å²) in [7, 11) is 0. The molecule has 6 rings (SSSR count). The van der Waals surface area contributed by atoms with E-state index in [1.54, 1.807) is 0 Å². The predicted octanol–water partition coefficient (Wildman–Crippen LogP) is 6.18. The number of hydrogen-bond donors (Lipinski definition) is 1. The minimum atomic E-state index is -0.232. The zero-order valence-electron chi connectivity index (χ0n) is 23.6. The van der Waals surface area contributed by atoms with E-state index >= 15 is 0 Å². The number of carbonyl (C=O) groups is 2. The van der Waals surface area contributed by atoms with E-state index in [1.807, 2.05) is 27.8 Å². The van der Waals surface area contributed by atoms with Gasteiger partial charge in [0.1, 0.15) is 5.82 Å². The molecule has 4 saturated carbocycles. The third-order valence-corrected chi connectivity index (χ3v) is 9.16. The number of nitrogens with one attached hydrogen (secondary N) is 1. The van der Waals surface area contributed by atoms with E-state index < -0.39 is 0 Å². The summed E-state index contributed by atoms with van der Waals surface area (Å²) in [6.07, 6.45) is 7.83. The molecule has 0 saturated heterocycles. The van der Waals surface area contributed by atoms with Crippen LogP contribution in [0.15, 0.2) is 24.3 Å². The molecule has 0 aliphatic heterocycles. The highest BCUT2D eigenvalue weighted by atomic mass is 16.2. The van der Waals surface area contributed by atoms with Crippen LogP contribution in [0.1, 0.15) is 89.5 Å². The normalized spacial score (nSPS) is 26.4. The van der Waals surface area contributed by atoms with Crippen molar-refractivity contribution in [1.82, 2.24) is 14.7 Å². The molecule has 1 aromatic carbocycles. The van der Waals surface area contributed by atoms with Crippen LogP contribution in [-0.2, 0) is 15.0 Å². The topological polar surface area (TPSA) is 67.2 Å². The molecule has 200 valence electrons. The molecule has 6 heteroatoms. The van der Waals surface area contributed by atoms with Crippen molar-refractivity contribution in [2.75, 3.05) is 18.4 Å². The van der Waals surface area contributed by atoms with Crippen LogP contribution in [0.4, 0.5) is 5.82 Å². The van der Waals surface area contributed by atoms with Crippen LogP contribution in [0, 0.1) is 37.0 Å². The molecule has 1 heterocycles. The fourth-order valence-electron chi connectivity index (χ4n) is 7.57. The Balaban J connectivity index is 1.38. The summed E-state index contributed by atoms with van der Waals surface area (Å²) in [6.45, 7) is 13.4. The predicted molar refractivity (Wildman–Crippen MR) is 148 cm³/mol. The van der Waals surface area contributed by atoms with E-state index in [9.17, 15) is 9.59 Å². The van der Waals surface area contributed by atoms with Crippen LogP contribution >= 0.6 is 0 Å². The van der Waals surface area contributed by atoms with Crippen LogP contribution < -0.4 is 5.32 Å². The van der Waals surface area contributed by atoms with Crippen LogP contribution in [-0.4, -0.2) is 39.6 Å². The van der Waals surface area contributed by atoms with E-state index in [0.29, 0.717) is 30.1 Å². The number of amides is 2. The Labute approximate surface area is 222 Å². The van der Waals surface area contributed by atoms with E-state index in [4.69, 9.17) is 5.10 Å². The molecule has 0 radical (unpaired) electrons. The third kappa shape index (κ3) is 4.96. The van der Waals surface area contributed by atoms with Gasteiger partial charge in [0, 0.05) is 18.0 Å². The minimum Gasteiger partial charge on any atom is -0.333 e. The summed E-state index contributed by atoms with van der Waals surface area (Å²) in [5.74, 6) is 2.84. The van der Waals surface area contributed by atoms with Crippen LogP contribution in [0.3, 0.4) is 0 Å². The van der Waals surface area contributed by atoms with Crippen LogP contribution in [0.25, 0.3) is 5.69 Å². The van der Waals surface area contributed by atoms with Gasteiger partial charge in [-0.1, -0.05) is 39.8 Å². The molecular weight excluding hydrogens is 460 g/mol. The molecule has 1 N–H and O–H groups in total. The molecule has 0 unspecified atom stereocenters. The van der Waals surface area contributed by atoms with Gasteiger partial charge in [-0.3, -0.25) is 9.59 Å². The second-order valence-corrected chi connectivity index (χ2v) is 13.3. The van der Waals surface area contributed by atoms with Crippen LogP contribution in [0.2, 0.25) is 0 Å². The highest BCUT2D eigenvalue weighted by molar-refractivity contribution is 5.95. The summed E-state index contributed by atoms with van der Waals surface area (Å²) in [5, 5.41) is 8.04. The van der Waals surface area contributed by atoms with Gasteiger partial charge in [0.15, 0.2) is 0 Å². The van der Waals surface area contributed by atoms with Crippen molar-refractivity contribution in [1.29, 1.82) is 0 Å². The monoisotopic (exact) mass is 504 g/mol. The van der Waals surface area contributed by atoms with Gasteiger partial charge in [-0.05, 0) is 93.7 Å². The zero-order chi connectivity index (χ0) is 26.5. The standard InChI is InChI=1S/C31H44N4O2/c1-7-11-34(29(37)31-16-22-12-23(17-31)14-24(13-22)18-31)19-28(36)32-27-15-26(30(4,5)6)33-35(27)25-10-8-9-20(2)21(25)3/h8-10,15,22-24H,7,11-14,16-19H2,1-6H3,(H,32,36). The second-order valence-electron chi connectivity index (χ2n) is 13.3. The minimum absolute atomic E-state index is 0.0945. The summed E-state index contributed by atoms with van der Waals surface area (Å²) in [6, 6.07) is 8.13. The lowest BCUT2D eigenvalue weighted by Gasteiger charge is -2.56. The third-order valence-electron chi connectivity index (χ3n) is 9.16. The quantitative estimate of drug-likeness (QED) is 0.490. The average molecular weight is 505 g/mol. The molecule has 37 heavy (non-hydrogen) atoms. The van der Waals surface area contributed by atoms with Gasteiger partial charge in [-0.25, -0.2) is 4.68 Å². The lowest BCUT2D eigenvalue weighted by molar-refractivity contribution is -0.158. The van der Waals surface area contributed by atoms with Crippen molar-refractivity contribution < 1.29 is 9.59 Å². The molecule has 4 aliphatic carbocycles. The van der Waals surface area contributed by atoms with E-state index in [2.05, 4.69) is 52.9 Å². The Morgan fingerprint density at radius 1 is 1.08 bits per heavy atom. The molecule has 2 amide bonds. The number of benzene rings is 1. The first-order valence-corrected chi connectivity index (χ1v) is 14.3. The smallest absolute Gasteiger partial charge is 0.245 e. The molecule has 0 spiro atoms. The number of carbonyl (C=O) groups excluding carboxylic acids is 2. The van der Waals surface area contributed by atoms with Crippen LogP contribution in [0.5, 0.6) is 0 Å². The number of aryl methyl sites for hydroxylation is 1. The van der Waals surface area contributed by atoms with Gasteiger partial charge in [-0.15, -0.1) is 0 Å². The summed E-state index contributed by atoms with van der Waals surface area (Å²) in [5.41, 5.74) is 3.79. The van der Waals surface area contributed by atoms with E-state index in [-0.39, 0.29) is 29.2 Å².